The molecule has 2 aromatic rings. The van der Waals surface area contributed by atoms with Crippen molar-refractivity contribution in [2.24, 2.45) is 0 Å². The van der Waals surface area contributed by atoms with E-state index in [2.05, 4.69) is 14.4 Å². The minimum atomic E-state index is -3.81. The van der Waals surface area contributed by atoms with Crippen LogP contribution in [0.5, 0.6) is 0 Å². The van der Waals surface area contributed by atoms with E-state index in [0.717, 1.165) is 6.08 Å². The highest BCUT2D eigenvalue weighted by Gasteiger charge is 2.18. The Morgan fingerprint density at radius 3 is 2.81 bits per heavy atom. The lowest BCUT2D eigenvalue weighted by molar-refractivity contribution is -0.131. The molecule has 0 aliphatic rings. The molecule has 0 radical (unpaired) electrons. The Kier molecular flexibility index (Phi) is 4.08. The summed E-state index contributed by atoms with van der Waals surface area (Å²) in [6.07, 6.45) is 4.66. The van der Waals surface area contributed by atoms with E-state index in [1.807, 2.05) is 0 Å². The second kappa shape index (κ2) is 5.80. The van der Waals surface area contributed by atoms with Gasteiger partial charge in [-0.2, -0.15) is 0 Å². The van der Waals surface area contributed by atoms with Crippen LogP contribution in [0.1, 0.15) is 11.1 Å². The Hall–Kier alpha value is -2.61. The van der Waals surface area contributed by atoms with Gasteiger partial charge in [0.05, 0.1) is 11.1 Å². The molecule has 21 heavy (non-hydrogen) atoms. The number of carboxylic acid groups (broad SMARTS) is 1. The molecule has 7 nitrogen and oxygen atoms in total. The standard InChI is InChI=1S/C13H12N2O5S/c1-9-2-3-10(4-5-13(16)17)6-12(9)21(18,19)15-11-7-14-20-8-11/h2-8,15H,1H3,(H,16,17). The number of hydrogen-bond acceptors (Lipinski definition) is 5. The van der Waals surface area contributed by atoms with Crippen molar-refractivity contribution in [3.63, 3.8) is 0 Å². The van der Waals surface area contributed by atoms with E-state index < -0.39 is 16.0 Å². The zero-order valence-electron chi connectivity index (χ0n) is 11.0. The maximum absolute atomic E-state index is 12.3. The fourth-order valence-electron chi connectivity index (χ4n) is 1.64. The number of nitrogens with zero attached hydrogens (tertiary/aromatic N) is 1. The topological polar surface area (TPSA) is 110 Å². The van der Waals surface area contributed by atoms with Crippen molar-refractivity contribution in [1.29, 1.82) is 0 Å². The summed E-state index contributed by atoms with van der Waals surface area (Å²) < 4.78 is 31.5. The maximum atomic E-state index is 12.3. The zero-order chi connectivity index (χ0) is 15.5. The van der Waals surface area contributed by atoms with Crippen molar-refractivity contribution in [1.82, 2.24) is 5.16 Å². The summed E-state index contributed by atoms with van der Waals surface area (Å²) in [4.78, 5) is 10.6. The number of nitrogens with one attached hydrogen (secondary N) is 1. The highest BCUT2D eigenvalue weighted by molar-refractivity contribution is 7.92. The third kappa shape index (κ3) is 3.69. The van der Waals surface area contributed by atoms with E-state index >= 15 is 0 Å². The number of benzene rings is 1. The van der Waals surface area contributed by atoms with Crippen molar-refractivity contribution in [3.8, 4) is 0 Å². The minimum Gasteiger partial charge on any atom is -0.478 e. The molecule has 0 amide bonds. The monoisotopic (exact) mass is 308 g/mol. The van der Waals surface area contributed by atoms with Crippen LogP contribution in [0.4, 0.5) is 5.69 Å². The molecule has 0 spiro atoms. The van der Waals surface area contributed by atoms with Crippen LogP contribution in [0.25, 0.3) is 6.08 Å². The van der Waals surface area contributed by atoms with Crippen LogP contribution >= 0.6 is 0 Å². The van der Waals surface area contributed by atoms with Crippen molar-refractivity contribution < 1.29 is 22.8 Å². The number of aromatic nitrogens is 1. The highest BCUT2D eigenvalue weighted by atomic mass is 32.2. The van der Waals surface area contributed by atoms with E-state index in [4.69, 9.17) is 5.11 Å². The van der Waals surface area contributed by atoms with Gasteiger partial charge in [0.2, 0.25) is 0 Å². The van der Waals surface area contributed by atoms with Crippen LogP contribution in [0, 0.1) is 6.92 Å². The Bertz CT molecular complexity index is 779. The average molecular weight is 308 g/mol. The van der Waals surface area contributed by atoms with Crippen LogP contribution in [-0.2, 0) is 14.8 Å². The van der Waals surface area contributed by atoms with Crippen molar-refractivity contribution in [3.05, 3.63) is 47.9 Å². The van der Waals surface area contributed by atoms with Gasteiger partial charge < -0.3 is 9.63 Å². The van der Waals surface area contributed by atoms with Crippen molar-refractivity contribution in [2.75, 3.05) is 4.72 Å². The Labute approximate surface area is 120 Å². The number of carbonyl (C=O) groups is 1. The minimum absolute atomic E-state index is 0.0521. The van der Waals surface area contributed by atoms with E-state index in [1.54, 1.807) is 19.1 Å². The number of rotatable bonds is 5. The van der Waals surface area contributed by atoms with E-state index in [-0.39, 0.29) is 10.6 Å². The number of hydrogen-bond donors (Lipinski definition) is 2. The van der Waals surface area contributed by atoms with Crippen LogP contribution in [0.3, 0.4) is 0 Å². The summed E-state index contributed by atoms with van der Waals surface area (Å²) in [6.45, 7) is 1.65. The van der Waals surface area contributed by atoms with E-state index in [9.17, 15) is 13.2 Å². The molecule has 1 aromatic carbocycles. The molecule has 8 heteroatoms. The molecular formula is C13H12N2O5S. The Balaban J connectivity index is 2.38. The van der Waals surface area contributed by atoms with E-state index in [0.29, 0.717) is 11.1 Å². The smallest absolute Gasteiger partial charge is 0.328 e. The number of aryl methyl sites for hydroxylation is 1. The summed E-state index contributed by atoms with van der Waals surface area (Å²) in [5, 5.41) is 12.0. The van der Waals surface area contributed by atoms with E-state index in [1.165, 1.54) is 24.6 Å². The first-order valence-electron chi connectivity index (χ1n) is 5.82. The SMILES string of the molecule is Cc1ccc(C=CC(=O)O)cc1S(=O)(=O)Nc1cnoc1. The molecule has 0 aliphatic heterocycles. The largest absolute Gasteiger partial charge is 0.478 e. The van der Waals surface area contributed by atoms with Gasteiger partial charge in [0.25, 0.3) is 10.0 Å². The van der Waals surface area contributed by atoms with Gasteiger partial charge >= 0.3 is 5.97 Å². The summed E-state index contributed by atoms with van der Waals surface area (Å²) in [5.74, 6) is -1.11. The van der Waals surface area contributed by atoms with Gasteiger partial charge in [-0.3, -0.25) is 4.72 Å². The molecular weight excluding hydrogens is 296 g/mol. The van der Waals surface area contributed by atoms with Gasteiger partial charge in [-0.05, 0) is 30.2 Å². The fraction of sp³-hybridized carbons (Fsp3) is 0.0769. The summed E-state index contributed by atoms with van der Waals surface area (Å²) in [6, 6.07) is 4.63. The first-order valence-corrected chi connectivity index (χ1v) is 7.31. The number of sulfonamides is 1. The van der Waals surface area contributed by atoms with Crippen LogP contribution in [-0.4, -0.2) is 24.7 Å². The summed E-state index contributed by atoms with van der Waals surface area (Å²) >= 11 is 0. The molecule has 0 unspecified atom stereocenters. The van der Waals surface area contributed by atoms with Crippen molar-refractivity contribution >= 4 is 27.8 Å². The lowest BCUT2D eigenvalue weighted by Crippen LogP contribution is -2.14. The molecule has 0 saturated carbocycles. The number of aliphatic carboxylic acids is 1. The molecule has 1 heterocycles. The van der Waals surface area contributed by atoms with Crippen molar-refractivity contribution in [2.45, 2.75) is 11.8 Å². The molecule has 1 aromatic heterocycles. The Morgan fingerprint density at radius 1 is 1.43 bits per heavy atom. The molecule has 2 rings (SSSR count). The first kappa shape index (κ1) is 14.8. The van der Waals surface area contributed by atoms with Gasteiger partial charge in [0.1, 0.15) is 12.0 Å². The second-order valence-corrected chi connectivity index (χ2v) is 5.87. The number of carboxylic acids is 1. The number of anilines is 1. The average Bonchev–Trinajstić information content (AvgIpc) is 2.89. The zero-order valence-corrected chi connectivity index (χ0v) is 11.8. The molecule has 0 aliphatic carbocycles. The Morgan fingerprint density at radius 2 is 2.19 bits per heavy atom. The van der Waals surface area contributed by atoms with Gasteiger partial charge in [0, 0.05) is 6.08 Å². The first-order chi connectivity index (χ1) is 9.88. The summed E-state index contributed by atoms with van der Waals surface area (Å²) in [7, 11) is -3.81. The molecule has 0 saturated heterocycles. The second-order valence-electron chi connectivity index (χ2n) is 4.22. The molecule has 0 fully saturated rings. The molecule has 0 atom stereocenters. The molecule has 0 bridgehead atoms. The fourth-order valence-corrected chi connectivity index (χ4v) is 2.95. The third-order valence-corrected chi connectivity index (χ3v) is 4.13. The highest BCUT2D eigenvalue weighted by Crippen LogP contribution is 2.21. The lowest BCUT2D eigenvalue weighted by Gasteiger charge is -2.09. The van der Waals surface area contributed by atoms with Crippen LogP contribution in [0.2, 0.25) is 0 Å². The third-order valence-electron chi connectivity index (χ3n) is 2.60. The summed E-state index contributed by atoms with van der Waals surface area (Å²) in [5.41, 5.74) is 1.21. The van der Waals surface area contributed by atoms with Gasteiger partial charge in [-0.15, -0.1) is 0 Å². The van der Waals surface area contributed by atoms with Gasteiger partial charge in [0.15, 0.2) is 0 Å². The predicted octanol–water partition coefficient (Wildman–Crippen LogP) is 1.88. The van der Waals surface area contributed by atoms with Crippen LogP contribution < -0.4 is 4.72 Å². The maximum Gasteiger partial charge on any atom is 0.328 e. The van der Waals surface area contributed by atoms with Gasteiger partial charge in [-0.1, -0.05) is 17.3 Å². The van der Waals surface area contributed by atoms with Crippen LogP contribution in [0.15, 0.2) is 46.2 Å². The predicted molar refractivity (Wildman–Crippen MR) is 75.2 cm³/mol. The normalized spacial score (nSPS) is 11.7. The lowest BCUT2D eigenvalue weighted by atomic mass is 10.1. The molecule has 110 valence electrons. The quantitative estimate of drug-likeness (QED) is 0.816. The molecule has 2 N–H and O–H groups in total. The van der Waals surface area contributed by atoms with Gasteiger partial charge in [-0.25, -0.2) is 13.2 Å².